The van der Waals surface area contributed by atoms with Crippen molar-refractivity contribution in [2.45, 2.75) is 0 Å². The Kier molecular flexibility index (Phi) is 5.00. The third kappa shape index (κ3) is 3.35. The maximum Gasteiger partial charge on any atom is 0.0788 e. The first kappa shape index (κ1) is 24.4. The Labute approximate surface area is 259 Å². The SMILES string of the molecule is c1ccc(-n2c3ccccc3c3ccc4c5ccccc5n(-c5ccc(-n6c7ccccc7c7ccccc76)cc5)c4c32)cc1. The van der Waals surface area contributed by atoms with E-state index in [0.717, 1.165) is 17.1 Å². The Morgan fingerprint density at radius 1 is 0.222 bits per heavy atom. The minimum atomic E-state index is 1.14. The molecule has 10 aromatic rings. The fourth-order valence-electron chi connectivity index (χ4n) is 7.57. The zero-order valence-corrected chi connectivity index (χ0v) is 24.4. The molecule has 7 aromatic carbocycles. The zero-order valence-electron chi connectivity index (χ0n) is 24.4. The summed E-state index contributed by atoms with van der Waals surface area (Å²) in [5.41, 5.74) is 10.8. The lowest BCUT2D eigenvalue weighted by molar-refractivity contribution is 1.13. The lowest BCUT2D eigenvalue weighted by Crippen LogP contribution is -1.99. The van der Waals surface area contributed by atoms with Gasteiger partial charge in [-0.15, -0.1) is 0 Å². The van der Waals surface area contributed by atoms with Crippen molar-refractivity contribution in [1.29, 1.82) is 0 Å². The molecule has 0 atom stereocenters. The average Bonchev–Trinajstić information content (AvgIpc) is 3.75. The molecule has 0 spiro atoms. The second-order valence-electron chi connectivity index (χ2n) is 11.8. The summed E-state index contributed by atoms with van der Waals surface area (Å²) in [4.78, 5) is 0. The fourth-order valence-corrected chi connectivity index (χ4v) is 7.57. The maximum atomic E-state index is 2.46. The van der Waals surface area contributed by atoms with Gasteiger partial charge in [0.05, 0.1) is 33.1 Å². The maximum absolute atomic E-state index is 2.46. The minimum Gasteiger partial charge on any atom is -0.309 e. The normalized spacial score (nSPS) is 12.0. The van der Waals surface area contributed by atoms with E-state index in [1.165, 1.54) is 65.4 Å². The molecule has 0 saturated heterocycles. The predicted molar refractivity (Wildman–Crippen MR) is 189 cm³/mol. The summed E-state index contributed by atoms with van der Waals surface area (Å²) in [5.74, 6) is 0. The molecule has 0 aliphatic carbocycles. The van der Waals surface area contributed by atoms with Gasteiger partial charge in [-0.2, -0.15) is 0 Å². The van der Waals surface area contributed by atoms with Crippen LogP contribution >= 0.6 is 0 Å². The largest absolute Gasteiger partial charge is 0.309 e. The third-order valence-electron chi connectivity index (χ3n) is 9.43. The van der Waals surface area contributed by atoms with Crippen LogP contribution in [0.2, 0.25) is 0 Å². The second kappa shape index (κ2) is 9.22. The number of benzene rings is 7. The Morgan fingerprint density at radius 2 is 0.533 bits per heavy atom. The summed E-state index contributed by atoms with van der Waals surface area (Å²) in [6.45, 7) is 0. The van der Waals surface area contributed by atoms with E-state index in [2.05, 4.69) is 177 Å². The molecule has 45 heavy (non-hydrogen) atoms. The number of hydrogen-bond acceptors (Lipinski definition) is 0. The highest BCUT2D eigenvalue weighted by atomic mass is 15.0. The molecule has 10 rings (SSSR count). The molecule has 0 bridgehead atoms. The van der Waals surface area contributed by atoms with Gasteiger partial charge in [0, 0.05) is 49.4 Å². The molecule has 0 amide bonds. The van der Waals surface area contributed by atoms with Gasteiger partial charge in [0.15, 0.2) is 0 Å². The van der Waals surface area contributed by atoms with Crippen LogP contribution in [0.5, 0.6) is 0 Å². The van der Waals surface area contributed by atoms with Crippen molar-refractivity contribution in [3.05, 3.63) is 164 Å². The quantitative estimate of drug-likeness (QED) is 0.200. The van der Waals surface area contributed by atoms with Gasteiger partial charge in [-0.05, 0) is 60.7 Å². The molecule has 3 nitrogen and oxygen atoms in total. The molecule has 3 aromatic heterocycles. The molecule has 210 valence electrons. The van der Waals surface area contributed by atoms with Crippen LogP contribution in [-0.4, -0.2) is 13.7 Å². The minimum absolute atomic E-state index is 1.14. The van der Waals surface area contributed by atoms with Crippen molar-refractivity contribution in [3.8, 4) is 17.1 Å². The molecule has 0 aliphatic heterocycles. The number of rotatable bonds is 3. The third-order valence-corrected chi connectivity index (χ3v) is 9.43. The van der Waals surface area contributed by atoms with Crippen molar-refractivity contribution in [2.75, 3.05) is 0 Å². The Morgan fingerprint density at radius 3 is 0.978 bits per heavy atom. The molecule has 0 saturated carbocycles. The van der Waals surface area contributed by atoms with E-state index in [1.54, 1.807) is 0 Å². The number of aromatic nitrogens is 3. The van der Waals surface area contributed by atoms with E-state index in [4.69, 9.17) is 0 Å². The molecule has 0 radical (unpaired) electrons. The molecule has 0 aliphatic rings. The van der Waals surface area contributed by atoms with Crippen LogP contribution in [0.3, 0.4) is 0 Å². The zero-order chi connectivity index (χ0) is 29.5. The van der Waals surface area contributed by atoms with E-state index in [0.29, 0.717) is 0 Å². The Hall–Kier alpha value is -6.06. The van der Waals surface area contributed by atoms with Gasteiger partial charge >= 0.3 is 0 Å². The number of para-hydroxylation sites is 5. The first-order chi connectivity index (χ1) is 22.4. The van der Waals surface area contributed by atoms with Gasteiger partial charge in [-0.3, -0.25) is 0 Å². The van der Waals surface area contributed by atoms with E-state index >= 15 is 0 Å². The van der Waals surface area contributed by atoms with Gasteiger partial charge in [0.1, 0.15) is 0 Å². The molecule has 3 heteroatoms. The van der Waals surface area contributed by atoms with Crippen LogP contribution < -0.4 is 0 Å². The van der Waals surface area contributed by atoms with Crippen LogP contribution in [0, 0.1) is 0 Å². The Bertz CT molecular complexity index is 2690. The number of fused-ring (bicyclic) bond motifs is 10. The molecule has 0 N–H and O–H groups in total. The predicted octanol–water partition coefficient (Wildman–Crippen LogP) is 11.0. The van der Waals surface area contributed by atoms with E-state index < -0.39 is 0 Å². The van der Waals surface area contributed by atoms with Gasteiger partial charge < -0.3 is 13.7 Å². The molecule has 0 fully saturated rings. The highest BCUT2D eigenvalue weighted by molar-refractivity contribution is 6.23. The monoisotopic (exact) mass is 573 g/mol. The van der Waals surface area contributed by atoms with Crippen LogP contribution in [0.25, 0.3) is 82.5 Å². The average molecular weight is 574 g/mol. The molecule has 3 heterocycles. The van der Waals surface area contributed by atoms with Crippen LogP contribution in [0.15, 0.2) is 164 Å². The highest BCUT2D eigenvalue weighted by Crippen LogP contribution is 2.42. The first-order valence-corrected chi connectivity index (χ1v) is 15.5. The van der Waals surface area contributed by atoms with Gasteiger partial charge in [0.25, 0.3) is 0 Å². The summed E-state index contributed by atoms with van der Waals surface area (Å²) in [6.07, 6.45) is 0. The van der Waals surface area contributed by atoms with Crippen molar-refractivity contribution < 1.29 is 0 Å². The summed E-state index contributed by atoms with van der Waals surface area (Å²) in [7, 11) is 0. The van der Waals surface area contributed by atoms with Gasteiger partial charge in [-0.1, -0.05) is 103 Å². The van der Waals surface area contributed by atoms with Gasteiger partial charge in [-0.25, -0.2) is 0 Å². The van der Waals surface area contributed by atoms with Crippen LogP contribution in [0.1, 0.15) is 0 Å². The summed E-state index contributed by atoms with van der Waals surface area (Å²) in [6, 6.07) is 59.4. The summed E-state index contributed by atoms with van der Waals surface area (Å²) in [5, 5.41) is 7.58. The number of hydrogen-bond donors (Lipinski definition) is 0. The smallest absolute Gasteiger partial charge is 0.0788 e. The van der Waals surface area contributed by atoms with Crippen molar-refractivity contribution >= 4 is 65.4 Å². The standard InChI is InChI=1S/C42H27N3/c1-2-12-28(13-3-1)44-39-20-10-6-16-33(39)35-26-27-36-34-17-7-11-21-40(34)45(42(36)41(35)44)30-24-22-29(23-25-30)43-37-18-8-4-14-31(37)32-15-5-9-19-38(32)43/h1-27H. The highest BCUT2D eigenvalue weighted by Gasteiger charge is 2.21. The van der Waals surface area contributed by atoms with E-state index in [9.17, 15) is 0 Å². The van der Waals surface area contributed by atoms with Crippen molar-refractivity contribution in [1.82, 2.24) is 13.7 Å². The Balaban J connectivity index is 1.29. The lowest BCUT2D eigenvalue weighted by atomic mass is 10.1. The lowest BCUT2D eigenvalue weighted by Gasteiger charge is -2.14. The van der Waals surface area contributed by atoms with Crippen molar-refractivity contribution in [3.63, 3.8) is 0 Å². The topological polar surface area (TPSA) is 14.8 Å². The molecular formula is C42H27N3. The van der Waals surface area contributed by atoms with Crippen LogP contribution in [0.4, 0.5) is 0 Å². The first-order valence-electron chi connectivity index (χ1n) is 15.5. The van der Waals surface area contributed by atoms with Crippen molar-refractivity contribution in [2.24, 2.45) is 0 Å². The van der Waals surface area contributed by atoms with Gasteiger partial charge in [0.2, 0.25) is 0 Å². The second-order valence-corrected chi connectivity index (χ2v) is 11.8. The molecular weight excluding hydrogens is 546 g/mol. The molecule has 0 unspecified atom stereocenters. The number of nitrogens with zero attached hydrogens (tertiary/aromatic N) is 3. The van der Waals surface area contributed by atoms with E-state index in [1.807, 2.05) is 0 Å². The fraction of sp³-hybridized carbons (Fsp3) is 0. The summed E-state index contributed by atoms with van der Waals surface area (Å²) < 4.78 is 7.28. The summed E-state index contributed by atoms with van der Waals surface area (Å²) >= 11 is 0. The van der Waals surface area contributed by atoms with Crippen LogP contribution in [-0.2, 0) is 0 Å². The van der Waals surface area contributed by atoms with E-state index in [-0.39, 0.29) is 0 Å².